The van der Waals surface area contributed by atoms with Crippen LogP contribution in [0.25, 0.3) is 0 Å². The summed E-state index contributed by atoms with van der Waals surface area (Å²) in [5, 5.41) is 2.54. The lowest BCUT2D eigenvalue weighted by atomic mass is 9.96. The number of benzene rings is 2. The van der Waals surface area contributed by atoms with Crippen molar-refractivity contribution in [2.24, 2.45) is 0 Å². The number of aryl methyl sites for hydroxylation is 1. The van der Waals surface area contributed by atoms with Gasteiger partial charge in [-0.2, -0.15) is 0 Å². The van der Waals surface area contributed by atoms with Gasteiger partial charge in [-0.05, 0) is 60.9 Å². The van der Waals surface area contributed by atoms with Crippen molar-refractivity contribution < 1.29 is 23.8 Å². The molecule has 0 spiro atoms. The highest BCUT2D eigenvalue weighted by Crippen LogP contribution is 2.33. The summed E-state index contributed by atoms with van der Waals surface area (Å²) in [6, 6.07) is 16.4. The van der Waals surface area contributed by atoms with Crippen LogP contribution in [-0.2, 0) is 22.4 Å². The maximum absolute atomic E-state index is 12.1. The molecular formula is C25H23ClN2O5. The molecule has 0 radical (unpaired) electrons. The first-order valence-electron chi connectivity index (χ1n) is 10.6. The van der Waals surface area contributed by atoms with Crippen molar-refractivity contribution in [2.45, 2.75) is 38.7 Å². The van der Waals surface area contributed by atoms with Gasteiger partial charge in [-0.25, -0.2) is 9.78 Å². The minimum absolute atomic E-state index is 0.241. The number of carbonyl (C=O) groups excluding carboxylic acids is 2. The first-order valence-corrected chi connectivity index (χ1v) is 11.0. The van der Waals surface area contributed by atoms with E-state index in [1.54, 1.807) is 25.3 Å². The number of cyclic esters (lactones) is 1. The topological polar surface area (TPSA) is 86.8 Å². The summed E-state index contributed by atoms with van der Waals surface area (Å²) in [6.07, 6.45) is 2.84. The van der Waals surface area contributed by atoms with Crippen molar-refractivity contribution in [3.63, 3.8) is 0 Å². The van der Waals surface area contributed by atoms with E-state index in [0.717, 1.165) is 24.0 Å². The van der Waals surface area contributed by atoms with E-state index in [-0.39, 0.29) is 6.42 Å². The highest BCUT2D eigenvalue weighted by Gasteiger charge is 2.44. The minimum Gasteiger partial charge on any atom is -0.457 e. The van der Waals surface area contributed by atoms with Crippen molar-refractivity contribution in [3.05, 3.63) is 77.1 Å². The molecule has 2 aromatic carbocycles. The van der Waals surface area contributed by atoms with Gasteiger partial charge in [0.05, 0.1) is 0 Å². The lowest BCUT2D eigenvalue weighted by molar-refractivity contribution is -0.129. The van der Waals surface area contributed by atoms with Gasteiger partial charge >= 0.3 is 6.09 Å². The van der Waals surface area contributed by atoms with E-state index < -0.39 is 17.6 Å². The van der Waals surface area contributed by atoms with Gasteiger partial charge in [0, 0.05) is 18.7 Å². The Morgan fingerprint density at radius 2 is 1.82 bits per heavy atom. The van der Waals surface area contributed by atoms with Crippen molar-refractivity contribution in [1.82, 2.24) is 10.3 Å². The van der Waals surface area contributed by atoms with E-state index in [2.05, 4.69) is 17.2 Å². The number of ether oxygens (including phenoxy) is 3. The van der Waals surface area contributed by atoms with Gasteiger partial charge < -0.3 is 14.2 Å². The van der Waals surface area contributed by atoms with Crippen LogP contribution in [-0.4, -0.2) is 22.6 Å². The minimum atomic E-state index is -1.24. The summed E-state index contributed by atoms with van der Waals surface area (Å²) in [4.78, 5) is 27.5. The number of carbonyl (C=O) groups is 2. The fourth-order valence-electron chi connectivity index (χ4n) is 3.62. The molecule has 1 aliphatic heterocycles. The highest BCUT2D eigenvalue weighted by molar-refractivity contribution is 6.29. The highest BCUT2D eigenvalue weighted by atomic mass is 35.5. The molecule has 7 nitrogen and oxygen atoms in total. The fourth-order valence-corrected chi connectivity index (χ4v) is 3.78. The van der Waals surface area contributed by atoms with Gasteiger partial charge in [0.2, 0.25) is 0 Å². The normalized spacial score (nSPS) is 17.4. The van der Waals surface area contributed by atoms with E-state index in [9.17, 15) is 9.59 Å². The average molecular weight is 467 g/mol. The van der Waals surface area contributed by atoms with Gasteiger partial charge in [0.25, 0.3) is 5.91 Å². The maximum atomic E-state index is 12.1. The summed E-state index contributed by atoms with van der Waals surface area (Å²) in [6.45, 7) is 3.68. The third-order valence-corrected chi connectivity index (χ3v) is 5.37. The van der Waals surface area contributed by atoms with Crippen LogP contribution in [0, 0.1) is 0 Å². The van der Waals surface area contributed by atoms with E-state index in [1.165, 1.54) is 0 Å². The number of halogens is 1. The second kappa shape index (κ2) is 9.50. The Balaban J connectivity index is 1.53. The molecule has 33 heavy (non-hydrogen) atoms. The molecule has 1 atom stereocenters. The Morgan fingerprint density at radius 3 is 2.55 bits per heavy atom. The van der Waals surface area contributed by atoms with E-state index in [0.29, 0.717) is 28.2 Å². The lowest BCUT2D eigenvalue weighted by Gasteiger charge is -2.19. The number of pyridine rings is 1. The lowest BCUT2D eigenvalue weighted by Crippen LogP contribution is -2.38. The standard InChI is InChI=1S/C25H23ClN2O5/c1-3-5-17-13-19(31-20-10-11-27-22(26)14-20)8-9-21(17)32-18-7-4-6-16(12-18)15-25(2)23(29)28-24(30)33-25/h4,6-14H,3,5,15H2,1-2H3,(H,28,29,30)/t25-/m1/s1. The number of amides is 2. The number of hydrogen-bond acceptors (Lipinski definition) is 6. The van der Waals surface area contributed by atoms with Gasteiger partial charge in [-0.3, -0.25) is 10.1 Å². The predicted molar refractivity (Wildman–Crippen MR) is 123 cm³/mol. The molecule has 2 heterocycles. The molecule has 0 bridgehead atoms. The van der Waals surface area contributed by atoms with Crippen LogP contribution in [0.5, 0.6) is 23.0 Å². The number of hydrogen-bond donors (Lipinski definition) is 1. The third kappa shape index (κ3) is 5.43. The summed E-state index contributed by atoms with van der Waals surface area (Å²) >= 11 is 5.94. The Morgan fingerprint density at radius 1 is 1.03 bits per heavy atom. The zero-order valence-electron chi connectivity index (χ0n) is 18.3. The zero-order chi connectivity index (χ0) is 23.4. The number of alkyl carbamates (subject to hydrolysis) is 1. The molecule has 1 aromatic heterocycles. The van der Waals surface area contributed by atoms with Gasteiger partial charge in [0.15, 0.2) is 5.60 Å². The number of rotatable bonds is 8. The molecule has 0 aliphatic carbocycles. The molecule has 1 aliphatic rings. The predicted octanol–water partition coefficient (Wildman–Crippen LogP) is 5.84. The second-order valence-electron chi connectivity index (χ2n) is 7.94. The monoisotopic (exact) mass is 466 g/mol. The van der Waals surface area contributed by atoms with Gasteiger partial charge in [0.1, 0.15) is 28.2 Å². The molecule has 0 unspecified atom stereocenters. The van der Waals surface area contributed by atoms with Crippen molar-refractivity contribution in [3.8, 4) is 23.0 Å². The van der Waals surface area contributed by atoms with E-state index in [4.69, 9.17) is 25.8 Å². The number of nitrogens with one attached hydrogen (secondary N) is 1. The molecule has 1 N–H and O–H groups in total. The van der Waals surface area contributed by atoms with Crippen LogP contribution < -0.4 is 14.8 Å². The van der Waals surface area contributed by atoms with Crippen LogP contribution in [0.1, 0.15) is 31.4 Å². The van der Waals surface area contributed by atoms with E-state index in [1.807, 2.05) is 42.5 Å². The summed E-state index contributed by atoms with van der Waals surface area (Å²) in [5.41, 5.74) is 0.570. The van der Waals surface area contributed by atoms with Crippen LogP contribution in [0.15, 0.2) is 60.8 Å². The SMILES string of the molecule is CCCc1cc(Oc2ccnc(Cl)c2)ccc1Oc1cccc(C[C@@]2(C)OC(=O)NC2=O)c1. The second-order valence-corrected chi connectivity index (χ2v) is 8.32. The maximum Gasteiger partial charge on any atom is 0.415 e. The Bertz CT molecular complexity index is 1200. The largest absolute Gasteiger partial charge is 0.457 e. The summed E-state index contributed by atoms with van der Waals surface area (Å²) in [5.74, 6) is 2.15. The molecule has 3 aromatic rings. The molecule has 170 valence electrons. The van der Waals surface area contributed by atoms with E-state index >= 15 is 0 Å². The molecule has 4 rings (SSSR count). The quantitative estimate of drug-likeness (QED) is 0.420. The van der Waals surface area contributed by atoms with Crippen molar-refractivity contribution in [2.75, 3.05) is 0 Å². The molecule has 1 saturated heterocycles. The van der Waals surface area contributed by atoms with Crippen molar-refractivity contribution in [1.29, 1.82) is 0 Å². The van der Waals surface area contributed by atoms with Crippen LogP contribution in [0.2, 0.25) is 5.15 Å². The Hall–Kier alpha value is -3.58. The number of aromatic nitrogens is 1. The molecule has 0 saturated carbocycles. The van der Waals surface area contributed by atoms with Crippen LogP contribution in [0.4, 0.5) is 4.79 Å². The molecule has 2 amide bonds. The Labute approximate surface area is 196 Å². The number of imide groups is 1. The third-order valence-electron chi connectivity index (χ3n) is 5.17. The first kappa shape index (κ1) is 22.6. The summed E-state index contributed by atoms with van der Waals surface area (Å²) in [7, 11) is 0. The fraction of sp³-hybridized carbons (Fsp3) is 0.240. The van der Waals surface area contributed by atoms with Crippen LogP contribution >= 0.6 is 11.6 Å². The first-order chi connectivity index (χ1) is 15.8. The average Bonchev–Trinajstić information content (AvgIpc) is 3.01. The smallest absolute Gasteiger partial charge is 0.415 e. The summed E-state index contributed by atoms with van der Waals surface area (Å²) < 4.78 is 17.3. The molecular weight excluding hydrogens is 444 g/mol. The van der Waals surface area contributed by atoms with Crippen molar-refractivity contribution >= 4 is 23.6 Å². The van der Waals surface area contributed by atoms with Gasteiger partial charge in [-0.15, -0.1) is 0 Å². The molecule has 8 heteroatoms. The van der Waals surface area contributed by atoms with Gasteiger partial charge in [-0.1, -0.05) is 37.1 Å². The number of nitrogens with zero attached hydrogens (tertiary/aromatic N) is 1. The zero-order valence-corrected chi connectivity index (χ0v) is 19.0. The molecule has 1 fully saturated rings. The van der Waals surface area contributed by atoms with Crippen LogP contribution in [0.3, 0.4) is 0 Å². The Kier molecular flexibility index (Phi) is 6.51.